The van der Waals surface area contributed by atoms with E-state index in [1.165, 1.54) is 5.56 Å². The minimum Gasteiger partial charge on any atom is -0.354 e. The molecule has 6 nitrogen and oxygen atoms in total. The zero-order valence-electron chi connectivity index (χ0n) is 18.6. The summed E-state index contributed by atoms with van der Waals surface area (Å²) in [5.41, 5.74) is 0.866. The number of rotatable bonds is 6. The lowest BCUT2D eigenvalue weighted by atomic mass is 9.97. The predicted octanol–water partition coefficient (Wildman–Crippen LogP) is 3.88. The monoisotopic (exact) mass is 575 g/mol. The molecule has 0 aliphatic carbocycles. The van der Waals surface area contributed by atoms with E-state index in [1.54, 1.807) is 7.05 Å². The Hall–Kier alpha value is -2.34. The first-order valence-corrected chi connectivity index (χ1v) is 10.6. The number of aliphatic imine (C=N–C) groups is 1. The lowest BCUT2D eigenvalue weighted by Crippen LogP contribution is -2.52. The molecule has 1 saturated heterocycles. The van der Waals surface area contributed by atoms with Crippen molar-refractivity contribution in [2.45, 2.75) is 38.4 Å². The number of benzene rings is 2. The van der Waals surface area contributed by atoms with Crippen LogP contribution in [0.1, 0.15) is 25.3 Å². The zero-order valence-corrected chi connectivity index (χ0v) is 20.9. The second-order valence-electron chi connectivity index (χ2n) is 7.87. The fraction of sp³-hybridized carbons (Fsp3) is 0.391. The van der Waals surface area contributed by atoms with E-state index in [0.717, 1.165) is 38.1 Å². The highest BCUT2D eigenvalue weighted by molar-refractivity contribution is 14.0. The molecular formula is C23H29F3IN5O. The Morgan fingerprint density at radius 1 is 1.12 bits per heavy atom. The van der Waals surface area contributed by atoms with Gasteiger partial charge >= 0.3 is 0 Å². The number of halogens is 4. The molecule has 3 rings (SSSR count). The molecule has 33 heavy (non-hydrogen) atoms. The summed E-state index contributed by atoms with van der Waals surface area (Å²) in [7, 11) is 1.59. The van der Waals surface area contributed by atoms with E-state index in [2.05, 4.69) is 44.9 Å². The van der Waals surface area contributed by atoms with Gasteiger partial charge in [0, 0.05) is 32.2 Å². The minimum atomic E-state index is -1.62. The number of piperidine rings is 1. The van der Waals surface area contributed by atoms with E-state index in [-0.39, 0.29) is 36.6 Å². The highest BCUT2D eigenvalue weighted by Gasteiger charge is 2.26. The van der Waals surface area contributed by atoms with Gasteiger partial charge < -0.3 is 16.0 Å². The van der Waals surface area contributed by atoms with Crippen molar-refractivity contribution in [2.24, 2.45) is 4.99 Å². The number of anilines is 1. The summed E-state index contributed by atoms with van der Waals surface area (Å²) in [5.74, 6) is -4.53. The standard InChI is InChI=1S/C23H28F3N5O.HI/c1-15-12-17(10-11-31(15)14-16-6-4-3-5-7-16)29-23(27-2)28-13-20(32)30-19-9-8-18(24)21(25)22(19)26;/h3-9,15,17H,10-14H2,1-2H3,(H,30,32)(H2,27,28,29);1H. The molecule has 3 N–H and O–H groups in total. The van der Waals surface area contributed by atoms with E-state index in [0.29, 0.717) is 12.0 Å². The third kappa shape index (κ3) is 7.60. The second kappa shape index (κ2) is 12.8. The first-order chi connectivity index (χ1) is 15.4. The summed E-state index contributed by atoms with van der Waals surface area (Å²) in [5, 5.41) is 8.41. The van der Waals surface area contributed by atoms with Crippen LogP contribution in [0.5, 0.6) is 0 Å². The fourth-order valence-corrected chi connectivity index (χ4v) is 3.77. The molecular weight excluding hydrogens is 546 g/mol. The summed E-state index contributed by atoms with van der Waals surface area (Å²) in [6.45, 7) is 3.82. The molecule has 10 heteroatoms. The molecule has 0 saturated carbocycles. The normalized spacial score (nSPS) is 18.9. The largest absolute Gasteiger partial charge is 0.354 e. The van der Waals surface area contributed by atoms with Gasteiger partial charge in [-0.15, -0.1) is 24.0 Å². The molecule has 2 aromatic rings. The van der Waals surface area contributed by atoms with Crippen LogP contribution in [-0.2, 0) is 11.3 Å². The Bertz CT molecular complexity index is 961. The number of likely N-dealkylation sites (tertiary alicyclic amines) is 1. The van der Waals surface area contributed by atoms with Gasteiger partial charge in [0.2, 0.25) is 5.91 Å². The van der Waals surface area contributed by atoms with Crippen molar-refractivity contribution in [1.82, 2.24) is 15.5 Å². The average molecular weight is 575 g/mol. The third-order valence-corrected chi connectivity index (χ3v) is 5.53. The van der Waals surface area contributed by atoms with Crippen LogP contribution in [0.25, 0.3) is 0 Å². The first kappa shape index (κ1) is 26.9. The Kier molecular flexibility index (Phi) is 10.4. The van der Waals surface area contributed by atoms with Gasteiger partial charge in [-0.05, 0) is 37.5 Å². The maximum atomic E-state index is 13.7. The molecule has 0 radical (unpaired) electrons. The molecule has 1 heterocycles. The van der Waals surface area contributed by atoms with Crippen LogP contribution in [0.15, 0.2) is 47.5 Å². The van der Waals surface area contributed by atoms with E-state index >= 15 is 0 Å². The van der Waals surface area contributed by atoms with Crippen molar-refractivity contribution in [2.75, 3.05) is 25.5 Å². The van der Waals surface area contributed by atoms with E-state index in [9.17, 15) is 18.0 Å². The maximum Gasteiger partial charge on any atom is 0.243 e. The zero-order chi connectivity index (χ0) is 23.1. The van der Waals surface area contributed by atoms with Crippen LogP contribution < -0.4 is 16.0 Å². The number of nitrogens with zero attached hydrogens (tertiary/aromatic N) is 2. The smallest absolute Gasteiger partial charge is 0.243 e. The average Bonchev–Trinajstić information content (AvgIpc) is 2.79. The van der Waals surface area contributed by atoms with Gasteiger partial charge in [0.15, 0.2) is 23.4 Å². The van der Waals surface area contributed by atoms with Gasteiger partial charge in [-0.25, -0.2) is 13.2 Å². The van der Waals surface area contributed by atoms with Crippen LogP contribution in [0.4, 0.5) is 18.9 Å². The molecule has 1 fully saturated rings. The summed E-state index contributed by atoms with van der Waals surface area (Å²) in [6.07, 6.45) is 1.84. The molecule has 2 atom stereocenters. The first-order valence-electron chi connectivity index (χ1n) is 10.6. The number of carbonyl (C=O) groups excluding carboxylic acids is 1. The number of hydrogen-bond donors (Lipinski definition) is 3. The minimum absolute atomic E-state index is 0. The van der Waals surface area contributed by atoms with Crippen LogP contribution in [0.2, 0.25) is 0 Å². The van der Waals surface area contributed by atoms with Gasteiger partial charge in [-0.3, -0.25) is 14.7 Å². The molecule has 2 aromatic carbocycles. The van der Waals surface area contributed by atoms with Gasteiger partial charge in [0.1, 0.15) is 0 Å². The van der Waals surface area contributed by atoms with Crippen molar-refractivity contribution < 1.29 is 18.0 Å². The van der Waals surface area contributed by atoms with Gasteiger partial charge in [0.25, 0.3) is 0 Å². The lowest BCUT2D eigenvalue weighted by molar-refractivity contribution is -0.115. The van der Waals surface area contributed by atoms with E-state index < -0.39 is 29.0 Å². The Balaban J connectivity index is 0.00000385. The number of nitrogens with one attached hydrogen (secondary N) is 3. The van der Waals surface area contributed by atoms with Gasteiger partial charge in [-0.2, -0.15) is 0 Å². The van der Waals surface area contributed by atoms with Crippen molar-refractivity contribution in [3.8, 4) is 0 Å². The fourth-order valence-electron chi connectivity index (χ4n) is 3.77. The summed E-state index contributed by atoms with van der Waals surface area (Å²) < 4.78 is 40.0. The van der Waals surface area contributed by atoms with E-state index in [1.807, 2.05) is 18.2 Å². The highest BCUT2D eigenvalue weighted by atomic mass is 127. The van der Waals surface area contributed by atoms with Crippen molar-refractivity contribution in [3.63, 3.8) is 0 Å². The Morgan fingerprint density at radius 2 is 1.85 bits per heavy atom. The maximum absolute atomic E-state index is 13.7. The Morgan fingerprint density at radius 3 is 2.52 bits per heavy atom. The molecule has 1 amide bonds. The molecule has 1 aliphatic heterocycles. The Labute approximate surface area is 209 Å². The number of amides is 1. The van der Waals surface area contributed by atoms with Crippen LogP contribution >= 0.6 is 24.0 Å². The van der Waals surface area contributed by atoms with E-state index in [4.69, 9.17) is 0 Å². The van der Waals surface area contributed by atoms with Crippen LogP contribution in [0.3, 0.4) is 0 Å². The molecule has 0 aromatic heterocycles. The summed E-state index contributed by atoms with van der Waals surface area (Å²) >= 11 is 0. The van der Waals surface area contributed by atoms with Crippen molar-refractivity contribution in [1.29, 1.82) is 0 Å². The molecule has 180 valence electrons. The molecule has 0 spiro atoms. The number of hydrogen-bond acceptors (Lipinski definition) is 3. The molecule has 0 bridgehead atoms. The van der Waals surface area contributed by atoms with Gasteiger partial charge in [-0.1, -0.05) is 30.3 Å². The van der Waals surface area contributed by atoms with Gasteiger partial charge in [0.05, 0.1) is 12.2 Å². The topological polar surface area (TPSA) is 68.8 Å². The predicted molar refractivity (Wildman–Crippen MR) is 134 cm³/mol. The van der Waals surface area contributed by atoms with Crippen molar-refractivity contribution >= 4 is 41.5 Å². The summed E-state index contributed by atoms with van der Waals surface area (Å²) in [6, 6.07) is 12.6. The molecule has 2 unspecified atom stereocenters. The third-order valence-electron chi connectivity index (χ3n) is 5.53. The molecule has 1 aliphatic rings. The summed E-state index contributed by atoms with van der Waals surface area (Å²) in [4.78, 5) is 18.7. The quantitative estimate of drug-likeness (QED) is 0.212. The highest BCUT2D eigenvalue weighted by Crippen LogP contribution is 2.20. The van der Waals surface area contributed by atoms with Crippen LogP contribution in [-0.4, -0.2) is 49.0 Å². The van der Waals surface area contributed by atoms with Crippen molar-refractivity contribution in [3.05, 3.63) is 65.5 Å². The second-order valence-corrected chi connectivity index (χ2v) is 7.87. The number of guanidine groups is 1. The SMILES string of the molecule is CN=C(NCC(=O)Nc1ccc(F)c(F)c1F)NC1CCN(Cc2ccccc2)C(C)C1.I. The van der Waals surface area contributed by atoms with Crippen LogP contribution in [0, 0.1) is 17.5 Å². The number of carbonyl (C=O) groups is 1. The lowest BCUT2D eigenvalue weighted by Gasteiger charge is -2.38.